The number of nitriles is 1. The maximum absolute atomic E-state index is 12.5. The topological polar surface area (TPSA) is 121 Å². The average molecular weight is 393 g/mol. The number of thioether (sulfide) groups is 1. The summed E-state index contributed by atoms with van der Waals surface area (Å²) in [5.41, 5.74) is 1.12. The monoisotopic (exact) mass is 393 g/mol. The summed E-state index contributed by atoms with van der Waals surface area (Å²) in [5.74, 6) is -1.09. The van der Waals surface area contributed by atoms with Crippen molar-refractivity contribution >= 4 is 40.5 Å². The zero-order chi connectivity index (χ0) is 20.3. The van der Waals surface area contributed by atoms with Crippen LogP contribution < -0.4 is 0 Å². The van der Waals surface area contributed by atoms with Gasteiger partial charge in [0.05, 0.1) is 28.0 Å². The fraction of sp³-hybridized carbons (Fsp3) is 0.0526. The third kappa shape index (κ3) is 3.97. The van der Waals surface area contributed by atoms with Gasteiger partial charge in [-0.3, -0.25) is 29.4 Å². The number of imide groups is 1. The Morgan fingerprint density at radius 2 is 1.79 bits per heavy atom. The molecule has 0 saturated carbocycles. The van der Waals surface area contributed by atoms with Gasteiger partial charge in [-0.2, -0.15) is 5.26 Å². The van der Waals surface area contributed by atoms with E-state index in [1.165, 1.54) is 30.3 Å². The van der Waals surface area contributed by atoms with Gasteiger partial charge in [-0.25, -0.2) is 0 Å². The highest BCUT2D eigenvalue weighted by molar-refractivity contribution is 8.18. The van der Waals surface area contributed by atoms with Crippen molar-refractivity contribution in [2.75, 3.05) is 6.54 Å². The Hall–Kier alpha value is -3.77. The number of non-ortho nitro benzene ring substituents is 1. The van der Waals surface area contributed by atoms with Gasteiger partial charge in [-0.1, -0.05) is 12.1 Å². The summed E-state index contributed by atoms with van der Waals surface area (Å²) >= 11 is 0.722. The van der Waals surface area contributed by atoms with Gasteiger partial charge in [0.1, 0.15) is 0 Å². The zero-order valence-electron chi connectivity index (χ0n) is 14.2. The van der Waals surface area contributed by atoms with E-state index in [0.29, 0.717) is 11.1 Å². The van der Waals surface area contributed by atoms with Crippen LogP contribution >= 0.6 is 11.8 Å². The average Bonchev–Trinajstić information content (AvgIpc) is 2.96. The van der Waals surface area contributed by atoms with E-state index in [1.54, 1.807) is 24.3 Å². The lowest BCUT2D eigenvalue weighted by Crippen LogP contribution is -2.33. The molecule has 138 valence electrons. The molecular formula is C19H11N3O5S. The van der Waals surface area contributed by atoms with E-state index >= 15 is 0 Å². The van der Waals surface area contributed by atoms with Crippen LogP contribution in [0.5, 0.6) is 0 Å². The van der Waals surface area contributed by atoms with Crippen molar-refractivity contribution in [3.63, 3.8) is 0 Å². The fourth-order valence-corrected chi connectivity index (χ4v) is 3.28. The molecule has 0 bridgehead atoms. The van der Waals surface area contributed by atoms with Gasteiger partial charge in [-0.05, 0) is 47.7 Å². The van der Waals surface area contributed by atoms with E-state index in [9.17, 15) is 24.5 Å². The number of carbonyl (C=O) groups is 3. The number of ketones is 1. The van der Waals surface area contributed by atoms with E-state index in [2.05, 4.69) is 0 Å². The third-order valence-corrected chi connectivity index (χ3v) is 4.82. The van der Waals surface area contributed by atoms with Crippen LogP contribution in [0.1, 0.15) is 21.5 Å². The fourth-order valence-electron chi connectivity index (χ4n) is 2.45. The Morgan fingerprint density at radius 1 is 1.14 bits per heavy atom. The van der Waals surface area contributed by atoms with E-state index < -0.39 is 28.4 Å². The van der Waals surface area contributed by atoms with E-state index in [-0.39, 0.29) is 16.2 Å². The number of Topliss-reactive ketones (excluding diaryl/α,β-unsaturated/α-hetero) is 1. The van der Waals surface area contributed by atoms with Crippen LogP contribution in [0.4, 0.5) is 10.5 Å². The summed E-state index contributed by atoms with van der Waals surface area (Å²) in [5, 5.41) is 18.9. The molecule has 1 fully saturated rings. The van der Waals surface area contributed by atoms with Crippen molar-refractivity contribution in [1.29, 1.82) is 5.26 Å². The van der Waals surface area contributed by atoms with E-state index in [1.807, 2.05) is 6.07 Å². The molecule has 1 heterocycles. The molecule has 0 aliphatic carbocycles. The lowest BCUT2D eigenvalue weighted by molar-refractivity contribution is -0.384. The second kappa shape index (κ2) is 7.85. The molecule has 0 spiro atoms. The van der Waals surface area contributed by atoms with Crippen molar-refractivity contribution < 1.29 is 19.3 Å². The number of hydrogen-bond donors (Lipinski definition) is 0. The van der Waals surface area contributed by atoms with Crippen molar-refractivity contribution in [1.82, 2.24) is 4.90 Å². The molecule has 1 aliphatic heterocycles. The van der Waals surface area contributed by atoms with Crippen molar-refractivity contribution in [3.05, 3.63) is 80.2 Å². The number of amides is 2. The largest absolute Gasteiger partial charge is 0.293 e. The van der Waals surface area contributed by atoms with Crippen molar-refractivity contribution in [3.8, 4) is 6.07 Å². The number of hydrogen-bond acceptors (Lipinski definition) is 7. The molecular weight excluding hydrogens is 382 g/mol. The normalized spacial score (nSPS) is 15.0. The van der Waals surface area contributed by atoms with Crippen molar-refractivity contribution in [2.24, 2.45) is 0 Å². The lowest BCUT2D eigenvalue weighted by Gasteiger charge is -2.11. The van der Waals surface area contributed by atoms with Gasteiger partial charge in [0, 0.05) is 17.7 Å². The SMILES string of the molecule is N#Cc1ccc(/C=C2/SC(=O)N(CC(=O)c3ccc([N+](=O)[O-])cc3)C2=O)cc1. The molecule has 2 aromatic carbocycles. The van der Waals surface area contributed by atoms with Gasteiger partial charge >= 0.3 is 0 Å². The molecule has 2 aromatic rings. The summed E-state index contributed by atoms with van der Waals surface area (Å²) in [6.45, 7) is -0.451. The Labute approximate surface area is 163 Å². The second-order valence-electron chi connectivity index (χ2n) is 5.73. The minimum absolute atomic E-state index is 0.159. The van der Waals surface area contributed by atoms with E-state index in [4.69, 9.17) is 5.26 Å². The molecule has 3 rings (SSSR count). The summed E-state index contributed by atoms with van der Waals surface area (Å²) in [4.78, 5) is 48.0. The van der Waals surface area contributed by atoms with Crippen LogP contribution in [-0.4, -0.2) is 33.3 Å². The quantitative estimate of drug-likeness (QED) is 0.330. The lowest BCUT2D eigenvalue weighted by atomic mass is 10.1. The summed E-state index contributed by atoms with van der Waals surface area (Å²) in [6.07, 6.45) is 1.52. The Bertz CT molecular complexity index is 1050. The molecule has 1 aliphatic rings. The van der Waals surface area contributed by atoms with Gasteiger partial charge in [0.2, 0.25) is 0 Å². The first-order valence-electron chi connectivity index (χ1n) is 7.92. The van der Waals surface area contributed by atoms with Crippen LogP contribution in [0.15, 0.2) is 53.4 Å². The first kappa shape index (κ1) is 19.0. The Balaban J connectivity index is 1.74. The Kier molecular flexibility index (Phi) is 5.33. The number of nitrogens with zero attached hydrogens (tertiary/aromatic N) is 3. The third-order valence-electron chi connectivity index (χ3n) is 3.91. The number of rotatable bonds is 5. The Morgan fingerprint density at radius 3 is 2.36 bits per heavy atom. The van der Waals surface area contributed by atoms with Crippen LogP contribution in [0.2, 0.25) is 0 Å². The minimum Gasteiger partial charge on any atom is -0.292 e. The molecule has 1 saturated heterocycles. The van der Waals surface area contributed by atoms with E-state index in [0.717, 1.165) is 16.7 Å². The maximum Gasteiger partial charge on any atom is 0.293 e. The van der Waals surface area contributed by atoms with Crippen LogP contribution in [0, 0.1) is 21.4 Å². The molecule has 2 amide bonds. The highest BCUT2D eigenvalue weighted by atomic mass is 32.2. The standard InChI is InChI=1S/C19H11N3O5S/c20-10-13-3-1-12(2-4-13)9-17-18(24)21(19(25)28-17)11-16(23)14-5-7-15(8-6-14)22(26)27/h1-9H,11H2/b17-9+. The van der Waals surface area contributed by atoms with Gasteiger partial charge in [0.15, 0.2) is 5.78 Å². The number of benzene rings is 2. The van der Waals surface area contributed by atoms with Crippen LogP contribution in [0.25, 0.3) is 6.08 Å². The molecule has 9 heteroatoms. The highest BCUT2D eigenvalue weighted by Gasteiger charge is 2.36. The molecule has 0 radical (unpaired) electrons. The van der Waals surface area contributed by atoms with Gasteiger partial charge in [0.25, 0.3) is 16.8 Å². The minimum atomic E-state index is -0.588. The summed E-state index contributed by atoms with van der Waals surface area (Å²) in [6, 6.07) is 13.4. The summed E-state index contributed by atoms with van der Waals surface area (Å²) in [7, 11) is 0. The maximum atomic E-state index is 12.5. The first-order valence-corrected chi connectivity index (χ1v) is 8.74. The van der Waals surface area contributed by atoms with Gasteiger partial charge in [-0.15, -0.1) is 0 Å². The smallest absolute Gasteiger partial charge is 0.292 e. The van der Waals surface area contributed by atoms with Gasteiger partial charge < -0.3 is 0 Å². The van der Waals surface area contributed by atoms with Crippen LogP contribution in [0.3, 0.4) is 0 Å². The number of nitro benzene ring substituents is 1. The molecule has 0 unspecified atom stereocenters. The van der Waals surface area contributed by atoms with Crippen molar-refractivity contribution in [2.45, 2.75) is 0 Å². The predicted molar refractivity (Wildman–Crippen MR) is 101 cm³/mol. The molecule has 0 atom stereocenters. The molecule has 8 nitrogen and oxygen atoms in total. The predicted octanol–water partition coefficient (Wildman–Crippen LogP) is 3.39. The summed E-state index contributed by atoms with van der Waals surface area (Å²) < 4.78 is 0. The number of nitro groups is 1. The molecule has 28 heavy (non-hydrogen) atoms. The first-order chi connectivity index (χ1) is 13.4. The highest BCUT2D eigenvalue weighted by Crippen LogP contribution is 2.32. The second-order valence-corrected chi connectivity index (χ2v) is 6.72. The van der Waals surface area contributed by atoms with Crippen LogP contribution in [-0.2, 0) is 4.79 Å². The molecule has 0 aromatic heterocycles. The molecule has 0 N–H and O–H groups in total. The number of carbonyl (C=O) groups excluding carboxylic acids is 3. The zero-order valence-corrected chi connectivity index (χ0v) is 15.0.